The van der Waals surface area contributed by atoms with Gasteiger partial charge in [-0.15, -0.1) is 0 Å². The van der Waals surface area contributed by atoms with Gasteiger partial charge in [0.1, 0.15) is 0 Å². The van der Waals surface area contributed by atoms with E-state index >= 15 is 0 Å². The molecule has 0 unspecified atom stereocenters. The minimum Gasteiger partial charge on any atom is -0.356 e. The van der Waals surface area contributed by atoms with Gasteiger partial charge >= 0.3 is 5.97 Å². The summed E-state index contributed by atoms with van der Waals surface area (Å²) in [5, 5.41) is 0. The zero-order valence-corrected chi connectivity index (χ0v) is 11.1. The van der Waals surface area contributed by atoms with E-state index in [9.17, 15) is 13.2 Å². The van der Waals surface area contributed by atoms with Gasteiger partial charge in [-0.2, -0.15) is 0 Å². The van der Waals surface area contributed by atoms with Crippen molar-refractivity contribution in [3.8, 4) is 0 Å². The lowest BCUT2D eigenvalue weighted by Crippen LogP contribution is -2.32. The third kappa shape index (κ3) is 5.50. The number of hydrogen-bond acceptors (Lipinski definition) is 4. The molecule has 0 spiro atoms. The van der Waals surface area contributed by atoms with Gasteiger partial charge in [0, 0.05) is 0 Å². The minimum absolute atomic E-state index is 0.00144. The number of nitrogens with one attached hydrogen (secondary N) is 1. The monoisotopic (exact) mass is 263 g/mol. The number of unbranched alkanes of at least 4 members (excludes halogenated alkanes) is 1. The van der Waals surface area contributed by atoms with Crippen LogP contribution in [0.5, 0.6) is 0 Å². The second-order valence-electron chi connectivity index (χ2n) is 4.51. The van der Waals surface area contributed by atoms with E-state index in [1.807, 2.05) is 11.8 Å². The van der Waals surface area contributed by atoms with Crippen molar-refractivity contribution in [1.29, 1.82) is 0 Å². The zero-order chi connectivity index (χ0) is 12.7. The Kier molecular flexibility index (Phi) is 5.91. The van der Waals surface area contributed by atoms with Crippen LogP contribution < -0.4 is 4.89 Å². The molecule has 0 aromatic heterocycles. The molecule has 1 N–H and O–H groups in total. The molecule has 0 amide bonds. The average Bonchev–Trinajstić information content (AvgIpc) is 2.35. The average molecular weight is 263 g/mol. The normalized spacial score (nSPS) is 17.9. The fourth-order valence-corrected chi connectivity index (χ4v) is 2.86. The highest BCUT2D eigenvalue weighted by molar-refractivity contribution is 7.89. The topological polar surface area (TPSA) is 72.5 Å². The second-order valence-corrected chi connectivity index (χ2v) is 6.32. The first-order chi connectivity index (χ1) is 8.05. The van der Waals surface area contributed by atoms with E-state index in [1.165, 1.54) is 0 Å². The summed E-state index contributed by atoms with van der Waals surface area (Å²) in [5.41, 5.74) is 0. The first-order valence-corrected chi connectivity index (χ1v) is 7.90. The third-order valence-corrected chi connectivity index (χ3v) is 4.14. The van der Waals surface area contributed by atoms with Crippen LogP contribution in [0, 0.1) is 5.92 Å². The van der Waals surface area contributed by atoms with Crippen molar-refractivity contribution in [3.63, 3.8) is 0 Å². The quantitative estimate of drug-likeness (QED) is 0.741. The maximum Gasteiger partial charge on any atom is 0.329 e. The molecule has 0 bridgehead atoms. The molecule has 0 heterocycles. The van der Waals surface area contributed by atoms with Crippen molar-refractivity contribution in [2.24, 2.45) is 5.92 Å². The van der Waals surface area contributed by atoms with Crippen LogP contribution in [-0.4, -0.2) is 20.1 Å². The summed E-state index contributed by atoms with van der Waals surface area (Å²) < 4.78 is 22.8. The molecule has 1 rings (SSSR count). The maximum atomic E-state index is 11.6. The Morgan fingerprint density at radius 1 is 1.29 bits per heavy atom. The molecular weight excluding hydrogens is 242 g/mol. The highest BCUT2D eigenvalue weighted by atomic mass is 32.2. The van der Waals surface area contributed by atoms with Gasteiger partial charge in [0.2, 0.25) is 10.0 Å². The molecule has 1 fully saturated rings. The molecule has 0 aromatic carbocycles. The highest BCUT2D eigenvalue weighted by Gasteiger charge is 2.24. The van der Waals surface area contributed by atoms with Crippen LogP contribution in [0.25, 0.3) is 0 Å². The highest BCUT2D eigenvalue weighted by Crippen LogP contribution is 2.24. The summed E-state index contributed by atoms with van der Waals surface area (Å²) in [6, 6.07) is 0. The summed E-state index contributed by atoms with van der Waals surface area (Å²) in [7, 11) is -3.47. The van der Waals surface area contributed by atoms with E-state index in [1.54, 1.807) is 0 Å². The predicted molar refractivity (Wildman–Crippen MR) is 64.5 cm³/mol. The summed E-state index contributed by atoms with van der Waals surface area (Å²) in [6.45, 7) is 1.91. The van der Waals surface area contributed by atoms with Gasteiger partial charge < -0.3 is 4.84 Å². The van der Waals surface area contributed by atoms with Crippen LogP contribution in [0.15, 0.2) is 0 Å². The predicted octanol–water partition coefficient (Wildman–Crippen LogP) is 1.74. The van der Waals surface area contributed by atoms with Crippen molar-refractivity contribution in [2.45, 2.75) is 51.9 Å². The lowest BCUT2D eigenvalue weighted by atomic mass is 9.89. The number of rotatable bonds is 6. The van der Waals surface area contributed by atoms with Gasteiger partial charge in [-0.05, 0) is 24.1 Å². The van der Waals surface area contributed by atoms with E-state index in [0.717, 1.165) is 38.5 Å². The molecule has 1 aliphatic carbocycles. The Morgan fingerprint density at radius 3 is 2.53 bits per heavy atom. The number of sulfonamides is 1. The van der Waals surface area contributed by atoms with Crippen molar-refractivity contribution in [2.75, 3.05) is 5.75 Å². The van der Waals surface area contributed by atoms with E-state index in [2.05, 4.69) is 4.84 Å². The summed E-state index contributed by atoms with van der Waals surface area (Å²) >= 11 is 0. The molecule has 0 aliphatic heterocycles. The maximum absolute atomic E-state index is 11.6. The minimum atomic E-state index is -3.47. The van der Waals surface area contributed by atoms with Crippen LogP contribution in [-0.2, 0) is 19.7 Å². The molecule has 0 radical (unpaired) electrons. The molecule has 0 atom stereocenters. The molecule has 0 aromatic rings. The first kappa shape index (κ1) is 14.4. The van der Waals surface area contributed by atoms with E-state index in [0.29, 0.717) is 6.42 Å². The SMILES string of the molecule is CCCCS(=O)(=O)NOC(=O)C1CCCCC1. The summed E-state index contributed by atoms with van der Waals surface area (Å²) in [4.78, 5) is 18.1. The molecular formula is C11H21NO4S. The van der Waals surface area contributed by atoms with Crippen molar-refractivity contribution < 1.29 is 18.0 Å². The fraction of sp³-hybridized carbons (Fsp3) is 0.909. The van der Waals surface area contributed by atoms with Crippen LogP contribution in [0.1, 0.15) is 51.9 Å². The largest absolute Gasteiger partial charge is 0.356 e. The van der Waals surface area contributed by atoms with Crippen molar-refractivity contribution in [1.82, 2.24) is 4.89 Å². The van der Waals surface area contributed by atoms with E-state index in [-0.39, 0.29) is 11.7 Å². The van der Waals surface area contributed by atoms with Gasteiger partial charge in [0.25, 0.3) is 0 Å². The molecule has 1 aliphatic rings. The van der Waals surface area contributed by atoms with Crippen molar-refractivity contribution in [3.05, 3.63) is 0 Å². The van der Waals surface area contributed by atoms with Gasteiger partial charge in [-0.3, -0.25) is 4.79 Å². The molecule has 0 saturated heterocycles. The van der Waals surface area contributed by atoms with Gasteiger partial charge in [0.05, 0.1) is 11.7 Å². The first-order valence-electron chi connectivity index (χ1n) is 6.25. The molecule has 1 saturated carbocycles. The molecule has 6 heteroatoms. The Balaban J connectivity index is 2.31. The number of carbonyl (C=O) groups is 1. The Bertz CT molecular complexity index is 333. The molecule has 5 nitrogen and oxygen atoms in total. The Labute approximate surface area is 103 Å². The zero-order valence-electron chi connectivity index (χ0n) is 10.3. The van der Waals surface area contributed by atoms with Gasteiger partial charge in [-0.25, -0.2) is 8.42 Å². The van der Waals surface area contributed by atoms with E-state index in [4.69, 9.17) is 0 Å². The van der Waals surface area contributed by atoms with Crippen LogP contribution in [0.4, 0.5) is 0 Å². The van der Waals surface area contributed by atoms with E-state index < -0.39 is 16.0 Å². The van der Waals surface area contributed by atoms with Crippen LogP contribution in [0.2, 0.25) is 0 Å². The third-order valence-electron chi connectivity index (χ3n) is 2.97. The lowest BCUT2D eigenvalue weighted by molar-refractivity contribution is -0.153. The number of hydrogen-bond donors (Lipinski definition) is 1. The molecule has 17 heavy (non-hydrogen) atoms. The standard InChI is InChI=1S/C11H21NO4S/c1-2-3-9-17(14,15)12-16-11(13)10-7-5-4-6-8-10/h10,12H,2-9H2,1H3. The summed E-state index contributed by atoms with van der Waals surface area (Å²) in [5.74, 6) is -0.580. The number of carbonyl (C=O) groups excluding carboxylic acids is 1. The fourth-order valence-electron chi connectivity index (χ4n) is 1.90. The van der Waals surface area contributed by atoms with Crippen LogP contribution in [0.3, 0.4) is 0 Å². The second kappa shape index (κ2) is 6.96. The summed E-state index contributed by atoms with van der Waals surface area (Å²) in [6.07, 6.45) is 6.13. The smallest absolute Gasteiger partial charge is 0.329 e. The Morgan fingerprint density at radius 2 is 1.94 bits per heavy atom. The molecule has 100 valence electrons. The lowest BCUT2D eigenvalue weighted by Gasteiger charge is -2.19. The van der Waals surface area contributed by atoms with Gasteiger partial charge in [-0.1, -0.05) is 32.6 Å². The van der Waals surface area contributed by atoms with Gasteiger partial charge in [0.15, 0.2) is 0 Å². The Hall–Kier alpha value is -0.620. The van der Waals surface area contributed by atoms with Crippen molar-refractivity contribution >= 4 is 16.0 Å². The van der Waals surface area contributed by atoms with Crippen LogP contribution >= 0.6 is 0 Å².